The van der Waals surface area contributed by atoms with Crippen molar-refractivity contribution in [2.75, 3.05) is 4.72 Å². The van der Waals surface area contributed by atoms with E-state index < -0.39 is 18.3 Å². The number of nitrogens with one attached hydrogen (secondary N) is 1. The fraction of sp³-hybridized carbons (Fsp3) is 0.381. The molecule has 5 nitrogen and oxygen atoms in total. The minimum atomic E-state index is -3.82. The molecule has 2 rings (SSSR count). The molecule has 1 N–H and O–H groups in total. The van der Waals surface area contributed by atoms with Crippen molar-refractivity contribution >= 4 is 29.8 Å². The van der Waals surface area contributed by atoms with E-state index in [9.17, 15) is 13.2 Å². The van der Waals surface area contributed by atoms with Gasteiger partial charge in [-0.15, -0.1) is 0 Å². The summed E-state index contributed by atoms with van der Waals surface area (Å²) in [5, 5.41) is -0.00614. The molecule has 0 saturated carbocycles. The van der Waals surface area contributed by atoms with Gasteiger partial charge in [0.05, 0.1) is 10.6 Å². The molecule has 0 radical (unpaired) electrons. The van der Waals surface area contributed by atoms with Gasteiger partial charge in [-0.05, 0) is 56.2 Å². The first-order valence-electron chi connectivity index (χ1n) is 9.16. The number of anilines is 1. The largest absolute Gasteiger partial charge is 0.543 e. The van der Waals surface area contributed by atoms with E-state index >= 15 is 0 Å². The number of benzene rings is 2. The molecule has 0 aliphatic carbocycles. The standard InChI is InChI=1S/C21H29NO4SSi/c1-15-8-11-18(12-9-15)27(24,25)22-20-14-17(10-13-19(20)16(2)23)26-28(6,7)21(3,4)5/h8-14,22H,1-7H3. The molecule has 0 saturated heterocycles. The molecular formula is C21H29NO4SSi. The maximum atomic E-state index is 12.8. The van der Waals surface area contributed by atoms with Crippen LogP contribution in [0.4, 0.5) is 5.69 Å². The van der Waals surface area contributed by atoms with Crippen LogP contribution in [0, 0.1) is 6.92 Å². The maximum absolute atomic E-state index is 12.8. The lowest BCUT2D eigenvalue weighted by atomic mass is 10.1. The fourth-order valence-electron chi connectivity index (χ4n) is 2.35. The third-order valence-corrected chi connectivity index (χ3v) is 10.9. The van der Waals surface area contributed by atoms with Gasteiger partial charge in [0.2, 0.25) is 8.32 Å². The van der Waals surface area contributed by atoms with Gasteiger partial charge in [-0.1, -0.05) is 38.5 Å². The Bertz CT molecular complexity index is 974. The molecule has 0 amide bonds. The van der Waals surface area contributed by atoms with Gasteiger partial charge in [0, 0.05) is 11.6 Å². The zero-order valence-corrected chi connectivity index (χ0v) is 19.4. The minimum absolute atomic E-state index is 0.00614. The van der Waals surface area contributed by atoms with Crippen LogP contribution in [0.25, 0.3) is 0 Å². The Morgan fingerprint density at radius 3 is 2.11 bits per heavy atom. The second-order valence-corrected chi connectivity index (χ2v) is 15.0. The minimum Gasteiger partial charge on any atom is -0.543 e. The predicted octanol–water partition coefficient (Wildman–Crippen LogP) is 5.38. The Hall–Kier alpha value is -2.12. The molecule has 0 aliphatic rings. The predicted molar refractivity (Wildman–Crippen MR) is 116 cm³/mol. The summed E-state index contributed by atoms with van der Waals surface area (Å²) < 4.78 is 34.4. The first kappa shape index (κ1) is 22.2. The van der Waals surface area contributed by atoms with Gasteiger partial charge < -0.3 is 4.43 Å². The van der Waals surface area contributed by atoms with Crippen molar-refractivity contribution in [1.82, 2.24) is 0 Å². The van der Waals surface area contributed by atoms with Crippen molar-refractivity contribution in [2.24, 2.45) is 0 Å². The highest BCUT2D eigenvalue weighted by Gasteiger charge is 2.39. The second-order valence-electron chi connectivity index (χ2n) is 8.54. The van der Waals surface area contributed by atoms with E-state index in [0.717, 1.165) is 5.56 Å². The molecule has 7 heteroatoms. The van der Waals surface area contributed by atoms with Crippen molar-refractivity contribution in [2.45, 2.75) is 57.6 Å². The van der Waals surface area contributed by atoms with Crippen molar-refractivity contribution < 1.29 is 17.6 Å². The zero-order valence-electron chi connectivity index (χ0n) is 17.6. The fourth-order valence-corrected chi connectivity index (χ4v) is 4.44. The number of aryl methyl sites for hydroxylation is 1. The topological polar surface area (TPSA) is 72.5 Å². The second kappa shape index (κ2) is 7.71. The van der Waals surface area contributed by atoms with Crippen LogP contribution in [0.5, 0.6) is 5.75 Å². The van der Waals surface area contributed by atoms with Gasteiger partial charge in [-0.3, -0.25) is 9.52 Å². The van der Waals surface area contributed by atoms with Crippen LogP contribution in [0.15, 0.2) is 47.4 Å². The van der Waals surface area contributed by atoms with Gasteiger partial charge in [-0.25, -0.2) is 8.42 Å². The maximum Gasteiger partial charge on any atom is 0.261 e. The van der Waals surface area contributed by atoms with Crippen LogP contribution in [-0.2, 0) is 10.0 Å². The third kappa shape index (κ3) is 5.02. The normalized spacial score (nSPS) is 12.5. The molecule has 28 heavy (non-hydrogen) atoms. The number of carbonyl (C=O) groups is 1. The third-order valence-electron chi connectivity index (χ3n) is 5.13. The van der Waals surface area contributed by atoms with E-state index in [1.807, 2.05) is 6.92 Å². The Labute approximate surface area is 169 Å². The van der Waals surface area contributed by atoms with Crippen molar-refractivity contribution in [3.05, 3.63) is 53.6 Å². The Morgan fingerprint density at radius 1 is 1.04 bits per heavy atom. The average Bonchev–Trinajstić information content (AvgIpc) is 2.53. The molecule has 0 spiro atoms. The molecule has 2 aromatic carbocycles. The summed E-state index contributed by atoms with van der Waals surface area (Å²) in [6.45, 7) is 13.9. The molecule has 2 aromatic rings. The summed E-state index contributed by atoms with van der Waals surface area (Å²) in [5.41, 5.74) is 1.50. The summed E-state index contributed by atoms with van der Waals surface area (Å²) in [4.78, 5) is 12.2. The number of Topliss-reactive ketones (excluding diaryl/α,β-unsaturated/α-hetero) is 1. The molecule has 0 bridgehead atoms. The van der Waals surface area contributed by atoms with E-state index in [0.29, 0.717) is 11.3 Å². The Morgan fingerprint density at radius 2 is 1.61 bits per heavy atom. The van der Waals surface area contributed by atoms with Crippen molar-refractivity contribution in [1.29, 1.82) is 0 Å². The number of hydrogen-bond acceptors (Lipinski definition) is 4. The highest BCUT2D eigenvalue weighted by atomic mass is 32.2. The molecule has 0 fully saturated rings. The van der Waals surface area contributed by atoms with Crippen LogP contribution in [-0.4, -0.2) is 22.5 Å². The Kier molecular flexibility index (Phi) is 6.11. The number of hydrogen-bond donors (Lipinski definition) is 1. The summed E-state index contributed by atoms with van der Waals surface area (Å²) in [6, 6.07) is 11.5. The van der Waals surface area contributed by atoms with Gasteiger partial charge in [0.1, 0.15) is 5.75 Å². The molecule has 0 aromatic heterocycles. The van der Waals surface area contributed by atoms with Gasteiger partial charge >= 0.3 is 0 Å². The van der Waals surface area contributed by atoms with Crippen LogP contribution in [0.3, 0.4) is 0 Å². The molecular weight excluding hydrogens is 390 g/mol. The number of sulfonamides is 1. The molecule has 0 atom stereocenters. The van der Waals surface area contributed by atoms with E-state index in [2.05, 4.69) is 38.6 Å². The summed E-state index contributed by atoms with van der Waals surface area (Å²) in [6.07, 6.45) is 0. The van der Waals surface area contributed by atoms with E-state index in [1.54, 1.807) is 42.5 Å². The van der Waals surface area contributed by atoms with Crippen molar-refractivity contribution in [3.8, 4) is 5.75 Å². The first-order chi connectivity index (χ1) is 12.7. The quantitative estimate of drug-likeness (QED) is 0.504. The van der Waals surface area contributed by atoms with Crippen LogP contribution < -0.4 is 9.15 Å². The summed E-state index contributed by atoms with van der Waals surface area (Å²) >= 11 is 0. The number of rotatable bonds is 6. The number of carbonyl (C=O) groups excluding carboxylic acids is 1. The van der Waals surface area contributed by atoms with E-state index in [4.69, 9.17) is 4.43 Å². The smallest absolute Gasteiger partial charge is 0.261 e. The molecule has 0 unspecified atom stereocenters. The monoisotopic (exact) mass is 419 g/mol. The summed E-state index contributed by atoms with van der Waals surface area (Å²) in [7, 11) is -5.93. The first-order valence-corrected chi connectivity index (χ1v) is 13.6. The molecule has 0 aliphatic heterocycles. The van der Waals surface area contributed by atoms with Crippen LogP contribution >= 0.6 is 0 Å². The van der Waals surface area contributed by atoms with Crippen molar-refractivity contribution in [3.63, 3.8) is 0 Å². The lowest BCUT2D eigenvalue weighted by Crippen LogP contribution is -2.43. The lowest BCUT2D eigenvalue weighted by Gasteiger charge is -2.36. The van der Waals surface area contributed by atoms with Gasteiger partial charge in [-0.2, -0.15) is 0 Å². The van der Waals surface area contributed by atoms with E-state index in [-0.39, 0.29) is 21.4 Å². The molecule has 152 valence electrons. The highest BCUT2D eigenvalue weighted by Crippen LogP contribution is 2.38. The molecule has 0 heterocycles. The van der Waals surface area contributed by atoms with Crippen LogP contribution in [0.1, 0.15) is 43.6 Å². The SMILES string of the molecule is CC(=O)c1ccc(O[Si](C)(C)C(C)(C)C)cc1NS(=O)(=O)c1ccc(C)cc1. The van der Waals surface area contributed by atoms with E-state index in [1.165, 1.54) is 6.92 Å². The average molecular weight is 420 g/mol. The van der Waals surface area contributed by atoms with Gasteiger partial charge in [0.25, 0.3) is 10.0 Å². The summed E-state index contributed by atoms with van der Waals surface area (Å²) in [5.74, 6) is 0.332. The zero-order chi connectivity index (χ0) is 21.3. The number of ketones is 1. The lowest BCUT2D eigenvalue weighted by molar-refractivity contribution is 0.101. The van der Waals surface area contributed by atoms with Gasteiger partial charge in [0.15, 0.2) is 5.78 Å². The van der Waals surface area contributed by atoms with Crippen LogP contribution in [0.2, 0.25) is 18.1 Å². The highest BCUT2D eigenvalue weighted by molar-refractivity contribution is 7.92. The Balaban J connectivity index is 2.44.